The predicted molar refractivity (Wildman–Crippen MR) is 82.5 cm³/mol. The molecule has 1 aromatic rings. The number of fused-ring (bicyclic) bond motifs is 2. The van der Waals surface area contributed by atoms with Gasteiger partial charge >= 0.3 is 0 Å². The summed E-state index contributed by atoms with van der Waals surface area (Å²) >= 11 is 0. The summed E-state index contributed by atoms with van der Waals surface area (Å²) in [4.78, 5) is 2.47. The van der Waals surface area contributed by atoms with Crippen molar-refractivity contribution in [2.24, 2.45) is 17.0 Å². The fourth-order valence-electron chi connectivity index (χ4n) is 3.99. The number of unbranched alkanes of at least 4 members (excludes halogenated alkanes) is 1. The second kappa shape index (κ2) is 5.86. The van der Waals surface area contributed by atoms with Crippen LogP contribution in [0.2, 0.25) is 0 Å². The summed E-state index contributed by atoms with van der Waals surface area (Å²) in [6, 6.07) is 10.9. The summed E-state index contributed by atoms with van der Waals surface area (Å²) in [5, 5.41) is 13.1. The van der Waals surface area contributed by atoms with Gasteiger partial charge in [-0.25, -0.2) is 0 Å². The van der Waals surface area contributed by atoms with Gasteiger partial charge in [0.05, 0.1) is 11.8 Å². The van der Waals surface area contributed by atoms with Crippen LogP contribution >= 0.6 is 0 Å². The lowest BCUT2D eigenvalue weighted by Crippen LogP contribution is -2.45. The van der Waals surface area contributed by atoms with Crippen LogP contribution in [0.25, 0.3) is 0 Å². The number of oxime groups is 1. The van der Waals surface area contributed by atoms with Crippen LogP contribution in [-0.2, 0) is 0 Å². The Labute approximate surface area is 121 Å². The van der Waals surface area contributed by atoms with E-state index in [4.69, 9.17) is 0 Å². The lowest BCUT2D eigenvalue weighted by atomic mass is 9.91. The molecule has 0 heterocycles. The summed E-state index contributed by atoms with van der Waals surface area (Å²) in [5.41, 5.74) is 2.29. The molecule has 3 atom stereocenters. The van der Waals surface area contributed by atoms with E-state index in [1.165, 1.54) is 37.8 Å². The van der Waals surface area contributed by atoms with Crippen molar-refractivity contribution in [1.29, 1.82) is 0 Å². The van der Waals surface area contributed by atoms with Crippen LogP contribution in [0.15, 0.2) is 35.5 Å². The fraction of sp³-hybridized carbons (Fsp3) is 0.588. The average Bonchev–Trinajstić information content (AvgIpc) is 3.10. The summed E-state index contributed by atoms with van der Waals surface area (Å²) in [7, 11) is 0. The van der Waals surface area contributed by atoms with Crippen molar-refractivity contribution >= 4 is 11.4 Å². The van der Waals surface area contributed by atoms with Gasteiger partial charge in [0.15, 0.2) is 0 Å². The molecule has 1 aromatic carbocycles. The molecule has 2 aliphatic carbocycles. The lowest BCUT2D eigenvalue weighted by molar-refractivity contribution is 0.311. The van der Waals surface area contributed by atoms with Crippen molar-refractivity contribution in [2.75, 3.05) is 11.4 Å². The number of para-hydroxylation sites is 1. The van der Waals surface area contributed by atoms with E-state index in [-0.39, 0.29) is 0 Å². The van der Waals surface area contributed by atoms with E-state index in [2.05, 4.69) is 47.3 Å². The summed E-state index contributed by atoms with van der Waals surface area (Å²) in [5.74, 6) is 1.19. The molecule has 3 unspecified atom stereocenters. The first-order chi connectivity index (χ1) is 9.85. The standard InChI is InChI=1S/C17H24N2O/c1-2-3-11-19(15-7-5-4-6-8-15)17-14-10-9-13(12-14)16(17)18-20/h4-8,13-14,17,20H,2-3,9-12H2,1H3. The Morgan fingerprint density at radius 2 is 2.05 bits per heavy atom. The summed E-state index contributed by atoms with van der Waals surface area (Å²) < 4.78 is 0. The van der Waals surface area contributed by atoms with Crippen molar-refractivity contribution in [3.63, 3.8) is 0 Å². The third-order valence-electron chi connectivity index (χ3n) is 4.93. The Bertz CT molecular complexity index is 471. The molecule has 108 valence electrons. The van der Waals surface area contributed by atoms with Crippen molar-refractivity contribution < 1.29 is 5.21 Å². The number of rotatable bonds is 5. The Balaban J connectivity index is 1.89. The van der Waals surface area contributed by atoms with Gasteiger partial charge in [0.25, 0.3) is 0 Å². The normalized spacial score (nSPS) is 30.1. The molecule has 20 heavy (non-hydrogen) atoms. The zero-order valence-electron chi connectivity index (χ0n) is 12.2. The molecule has 0 aliphatic heterocycles. The van der Waals surface area contributed by atoms with Gasteiger partial charge < -0.3 is 10.1 Å². The molecular formula is C17H24N2O. The van der Waals surface area contributed by atoms with Crippen LogP contribution in [0.3, 0.4) is 0 Å². The van der Waals surface area contributed by atoms with Crippen molar-refractivity contribution in [1.82, 2.24) is 0 Å². The van der Waals surface area contributed by atoms with Gasteiger partial charge in [-0.1, -0.05) is 36.7 Å². The Hall–Kier alpha value is -1.51. The smallest absolute Gasteiger partial charge is 0.0828 e. The first-order valence-corrected chi connectivity index (χ1v) is 7.88. The third kappa shape index (κ3) is 2.30. The summed E-state index contributed by atoms with van der Waals surface area (Å²) in [6.45, 7) is 3.28. The molecule has 2 aliphatic rings. The van der Waals surface area contributed by atoms with Gasteiger partial charge in [0.2, 0.25) is 0 Å². The average molecular weight is 272 g/mol. The molecule has 2 fully saturated rings. The van der Waals surface area contributed by atoms with Gasteiger partial charge in [-0.15, -0.1) is 0 Å². The molecule has 1 N–H and O–H groups in total. The maximum absolute atomic E-state index is 9.44. The zero-order chi connectivity index (χ0) is 13.9. The second-order valence-electron chi connectivity index (χ2n) is 6.12. The largest absolute Gasteiger partial charge is 0.411 e. The van der Waals surface area contributed by atoms with E-state index < -0.39 is 0 Å². The van der Waals surface area contributed by atoms with Gasteiger partial charge in [-0.3, -0.25) is 0 Å². The Kier molecular flexibility index (Phi) is 3.95. The Morgan fingerprint density at radius 3 is 2.75 bits per heavy atom. The van der Waals surface area contributed by atoms with E-state index in [9.17, 15) is 5.21 Å². The van der Waals surface area contributed by atoms with E-state index >= 15 is 0 Å². The fourth-order valence-corrected chi connectivity index (χ4v) is 3.99. The molecule has 3 rings (SSSR count). The highest BCUT2D eigenvalue weighted by Crippen LogP contribution is 2.46. The zero-order valence-corrected chi connectivity index (χ0v) is 12.2. The quantitative estimate of drug-likeness (QED) is 0.651. The molecule has 0 saturated heterocycles. The van der Waals surface area contributed by atoms with Gasteiger partial charge in [-0.05, 0) is 43.7 Å². The molecule has 3 heteroatoms. The summed E-state index contributed by atoms with van der Waals surface area (Å²) in [6.07, 6.45) is 6.07. The van der Waals surface area contributed by atoms with Crippen molar-refractivity contribution in [2.45, 2.75) is 45.1 Å². The molecular weight excluding hydrogens is 248 g/mol. The number of nitrogens with zero attached hydrogens (tertiary/aromatic N) is 2. The van der Waals surface area contributed by atoms with E-state index in [1.807, 2.05) is 0 Å². The van der Waals surface area contributed by atoms with E-state index in [0.29, 0.717) is 17.9 Å². The highest BCUT2D eigenvalue weighted by atomic mass is 16.4. The van der Waals surface area contributed by atoms with Crippen LogP contribution in [0.1, 0.15) is 39.0 Å². The third-order valence-corrected chi connectivity index (χ3v) is 4.93. The maximum atomic E-state index is 9.44. The number of hydrogen-bond donors (Lipinski definition) is 1. The van der Waals surface area contributed by atoms with Crippen LogP contribution in [-0.4, -0.2) is 23.5 Å². The Morgan fingerprint density at radius 1 is 1.25 bits per heavy atom. The van der Waals surface area contributed by atoms with Crippen LogP contribution < -0.4 is 4.90 Å². The van der Waals surface area contributed by atoms with Crippen LogP contribution in [0.5, 0.6) is 0 Å². The topological polar surface area (TPSA) is 35.8 Å². The maximum Gasteiger partial charge on any atom is 0.0828 e. The second-order valence-corrected chi connectivity index (χ2v) is 6.12. The molecule has 0 amide bonds. The minimum Gasteiger partial charge on any atom is -0.411 e. The highest BCUT2D eigenvalue weighted by Gasteiger charge is 2.48. The van der Waals surface area contributed by atoms with Crippen LogP contribution in [0, 0.1) is 11.8 Å². The molecule has 2 bridgehead atoms. The molecule has 0 radical (unpaired) electrons. The number of benzene rings is 1. The SMILES string of the molecule is CCCCN(c1ccccc1)C1C(=NO)C2CCC1C2. The number of anilines is 1. The van der Waals surface area contributed by atoms with Gasteiger partial charge in [0, 0.05) is 18.2 Å². The molecule has 3 nitrogen and oxygen atoms in total. The minimum atomic E-state index is 0.313. The first kappa shape index (κ1) is 13.5. The lowest BCUT2D eigenvalue weighted by Gasteiger charge is -2.36. The van der Waals surface area contributed by atoms with E-state index in [1.54, 1.807) is 0 Å². The van der Waals surface area contributed by atoms with Crippen molar-refractivity contribution in [3.05, 3.63) is 30.3 Å². The minimum absolute atomic E-state index is 0.313. The van der Waals surface area contributed by atoms with Crippen molar-refractivity contribution in [3.8, 4) is 0 Å². The van der Waals surface area contributed by atoms with E-state index in [0.717, 1.165) is 12.3 Å². The molecule has 2 saturated carbocycles. The van der Waals surface area contributed by atoms with Gasteiger partial charge in [-0.2, -0.15) is 0 Å². The highest BCUT2D eigenvalue weighted by molar-refractivity contribution is 5.97. The predicted octanol–water partition coefficient (Wildman–Crippen LogP) is 3.92. The monoisotopic (exact) mass is 272 g/mol. The molecule has 0 aromatic heterocycles. The number of hydrogen-bond acceptors (Lipinski definition) is 3. The first-order valence-electron chi connectivity index (χ1n) is 7.88. The van der Waals surface area contributed by atoms with Gasteiger partial charge in [0.1, 0.15) is 0 Å². The van der Waals surface area contributed by atoms with Crippen LogP contribution in [0.4, 0.5) is 5.69 Å². The molecule has 0 spiro atoms.